The minimum atomic E-state index is -4.45. The average molecular weight is 451 g/mol. The zero-order valence-corrected chi connectivity index (χ0v) is 18.0. The van der Waals surface area contributed by atoms with E-state index in [9.17, 15) is 13.2 Å². The molecule has 5 rings (SSSR count). The number of imidazole rings is 2. The van der Waals surface area contributed by atoms with E-state index < -0.39 is 11.7 Å². The molecule has 33 heavy (non-hydrogen) atoms. The summed E-state index contributed by atoms with van der Waals surface area (Å²) in [6.45, 7) is 2.52. The maximum absolute atomic E-state index is 13.6. The predicted molar refractivity (Wildman–Crippen MR) is 117 cm³/mol. The van der Waals surface area contributed by atoms with Gasteiger partial charge in [-0.25, -0.2) is 15.0 Å². The molecule has 0 saturated carbocycles. The second kappa shape index (κ2) is 7.91. The number of hydrogen-bond acceptors (Lipinski definition) is 4. The summed E-state index contributed by atoms with van der Waals surface area (Å²) < 4.78 is 50.1. The van der Waals surface area contributed by atoms with Crippen LogP contribution in [0, 0.1) is 6.92 Å². The van der Waals surface area contributed by atoms with E-state index in [1.165, 1.54) is 19.2 Å². The monoisotopic (exact) mass is 451 g/mol. The molecule has 4 heterocycles. The van der Waals surface area contributed by atoms with Crippen molar-refractivity contribution in [3.63, 3.8) is 0 Å². The lowest BCUT2D eigenvalue weighted by Gasteiger charge is -2.19. The van der Waals surface area contributed by atoms with Gasteiger partial charge in [-0.15, -0.1) is 0 Å². The van der Waals surface area contributed by atoms with Crippen LogP contribution >= 0.6 is 0 Å². The predicted octanol–water partition coefficient (Wildman–Crippen LogP) is 5.30. The Balaban J connectivity index is 1.56. The normalized spacial score (nSPS) is 13.5. The largest absolute Gasteiger partial charge is 0.479 e. The van der Waals surface area contributed by atoms with E-state index in [0.717, 1.165) is 17.4 Å². The molecule has 1 aliphatic heterocycles. The molecule has 0 aliphatic carbocycles. The zero-order valence-electron chi connectivity index (χ0n) is 18.0. The van der Waals surface area contributed by atoms with E-state index in [1.54, 1.807) is 12.4 Å². The number of hydrogen-bond donors (Lipinski definition) is 0. The first-order valence-corrected chi connectivity index (χ1v) is 10.4. The molecule has 0 saturated heterocycles. The summed E-state index contributed by atoms with van der Waals surface area (Å²) in [5.41, 5.74) is 2.64. The first-order valence-electron chi connectivity index (χ1n) is 10.4. The number of rotatable bonds is 4. The van der Waals surface area contributed by atoms with Crippen molar-refractivity contribution in [1.29, 1.82) is 0 Å². The number of halogens is 3. The van der Waals surface area contributed by atoms with Crippen LogP contribution in [0.5, 0.6) is 5.88 Å². The van der Waals surface area contributed by atoms with Gasteiger partial charge in [0, 0.05) is 24.5 Å². The molecule has 0 N–H and O–H groups in total. The lowest BCUT2D eigenvalue weighted by atomic mass is 9.96. The highest BCUT2D eigenvalue weighted by Gasteiger charge is 2.35. The van der Waals surface area contributed by atoms with Crippen LogP contribution in [0.2, 0.25) is 0 Å². The molecule has 0 amide bonds. The SMILES string of the molecule is COc1nc(-c2cn3c(n2)C(c2ccccc2C(F)(F)F)=CCC3)ccc1-n1cnc(C)c1. The topological polar surface area (TPSA) is 57.8 Å². The lowest BCUT2D eigenvalue weighted by molar-refractivity contribution is -0.137. The Kier molecular flexibility index (Phi) is 5.03. The number of benzene rings is 1. The van der Waals surface area contributed by atoms with E-state index in [2.05, 4.69) is 15.0 Å². The smallest absolute Gasteiger partial charge is 0.417 e. The van der Waals surface area contributed by atoms with Crippen LogP contribution < -0.4 is 4.74 Å². The summed E-state index contributed by atoms with van der Waals surface area (Å²) in [4.78, 5) is 13.5. The quantitative estimate of drug-likeness (QED) is 0.422. The van der Waals surface area contributed by atoms with Gasteiger partial charge in [-0.3, -0.25) is 0 Å². The van der Waals surface area contributed by atoms with Crippen LogP contribution in [0.4, 0.5) is 13.2 Å². The van der Waals surface area contributed by atoms with Crippen LogP contribution in [0.25, 0.3) is 22.6 Å². The third kappa shape index (κ3) is 3.79. The van der Waals surface area contributed by atoms with Gasteiger partial charge in [0.05, 0.1) is 30.4 Å². The molecule has 1 aromatic carbocycles. The zero-order chi connectivity index (χ0) is 23.2. The number of nitrogens with zero attached hydrogens (tertiary/aromatic N) is 5. The van der Waals surface area contributed by atoms with E-state index in [0.29, 0.717) is 41.6 Å². The molecule has 0 fully saturated rings. The lowest BCUT2D eigenvalue weighted by Crippen LogP contribution is -2.13. The fourth-order valence-electron chi connectivity index (χ4n) is 4.04. The van der Waals surface area contributed by atoms with Crippen LogP contribution in [-0.4, -0.2) is 31.2 Å². The maximum atomic E-state index is 13.6. The summed E-state index contributed by atoms with van der Waals surface area (Å²) in [7, 11) is 1.53. The molecule has 0 bridgehead atoms. The van der Waals surface area contributed by atoms with Gasteiger partial charge < -0.3 is 13.9 Å². The third-order valence-electron chi connectivity index (χ3n) is 5.54. The van der Waals surface area contributed by atoms with Crippen molar-refractivity contribution < 1.29 is 17.9 Å². The fourth-order valence-corrected chi connectivity index (χ4v) is 4.04. The molecule has 1 aliphatic rings. The molecule has 3 aromatic heterocycles. The number of allylic oxidation sites excluding steroid dienone is 1. The van der Waals surface area contributed by atoms with Crippen LogP contribution in [0.1, 0.15) is 29.1 Å². The Morgan fingerprint density at radius 3 is 2.55 bits per heavy atom. The highest BCUT2D eigenvalue weighted by atomic mass is 19.4. The van der Waals surface area contributed by atoms with Crippen molar-refractivity contribution in [1.82, 2.24) is 24.1 Å². The minimum absolute atomic E-state index is 0.125. The molecule has 0 spiro atoms. The van der Waals surface area contributed by atoms with Gasteiger partial charge in [0.2, 0.25) is 5.88 Å². The molecular weight excluding hydrogens is 431 g/mol. The Bertz CT molecular complexity index is 1370. The standard InChI is InChI=1S/C24H20F3N5O/c1-15-12-32(14-28-15)21-10-9-19(30-23(21)33-2)20-13-31-11-5-7-17(22(31)29-20)16-6-3-4-8-18(16)24(25,26)27/h3-4,6-10,12-14H,5,11H2,1-2H3. The van der Waals surface area contributed by atoms with E-state index in [4.69, 9.17) is 4.74 Å². The first-order chi connectivity index (χ1) is 15.8. The van der Waals surface area contributed by atoms with Gasteiger partial charge in [-0.2, -0.15) is 13.2 Å². The third-order valence-corrected chi connectivity index (χ3v) is 5.54. The van der Waals surface area contributed by atoms with Crippen LogP contribution in [0.15, 0.2) is 61.2 Å². The molecule has 4 aromatic rings. The summed E-state index contributed by atoms with van der Waals surface area (Å²) >= 11 is 0. The summed E-state index contributed by atoms with van der Waals surface area (Å²) in [5.74, 6) is 0.886. The molecule has 0 atom stereocenters. The number of fused-ring (bicyclic) bond motifs is 1. The maximum Gasteiger partial charge on any atom is 0.417 e. The average Bonchev–Trinajstić information content (AvgIpc) is 3.44. The van der Waals surface area contributed by atoms with Gasteiger partial charge >= 0.3 is 6.18 Å². The molecule has 9 heteroatoms. The molecule has 0 radical (unpaired) electrons. The molecule has 6 nitrogen and oxygen atoms in total. The van der Waals surface area contributed by atoms with Crippen molar-refractivity contribution >= 4 is 5.57 Å². The van der Waals surface area contributed by atoms with E-state index in [-0.39, 0.29) is 5.56 Å². The summed E-state index contributed by atoms with van der Waals surface area (Å²) in [6.07, 6.45) is 3.34. The Morgan fingerprint density at radius 1 is 1.00 bits per heavy atom. The van der Waals surface area contributed by atoms with Crippen molar-refractivity contribution in [2.24, 2.45) is 0 Å². The number of methoxy groups -OCH3 is 1. The van der Waals surface area contributed by atoms with Crippen molar-refractivity contribution in [3.05, 3.63) is 83.8 Å². The summed E-state index contributed by atoms with van der Waals surface area (Å²) in [6, 6.07) is 9.26. The van der Waals surface area contributed by atoms with Crippen LogP contribution in [0.3, 0.4) is 0 Å². The molecule has 168 valence electrons. The van der Waals surface area contributed by atoms with Crippen LogP contribution in [-0.2, 0) is 12.7 Å². The van der Waals surface area contributed by atoms with Gasteiger partial charge in [-0.05, 0) is 37.1 Å². The number of ether oxygens (including phenoxy) is 1. The second-order valence-corrected chi connectivity index (χ2v) is 7.74. The molecular formula is C24H20F3N5O. The number of alkyl halides is 3. The number of aryl methyl sites for hydroxylation is 2. The fraction of sp³-hybridized carbons (Fsp3) is 0.208. The Hall–Kier alpha value is -3.88. The van der Waals surface area contributed by atoms with Gasteiger partial charge in [0.1, 0.15) is 17.2 Å². The highest BCUT2D eigenvalue weighted by molar-refractivity contribution is 5.80. The second-order valence-electron chi connectivity index (χ2n) is 7.74. The minimum Gasteiger partial charge on any atom is -0.479 e. The van der Waals surface area contributed by atoms with Crippen molar-refractivity contribution in [3.8, 4) is 23.0 Å². The van der Waals surface area contributed by atoms with E-state index >= 15 is 0 Å². The Labute approximate surface area is 188 Å². The highest BCUT2D eigenvalue weighted by Crippen LogP contribution is 2.38. The van der Waals surface area contributed by atoms with Crippen molar-refractivity contribution in [2.75, 3.05) is 7.11 Å². The van der Waals surface area contributed by atoms with Crippen molar-refractivity contribution in [2.45, 2.75) is 26.1 Å². The first kappa shape index (κ1) is 21.0. The molecule has 0 unspecified atom stereocenters. The number of pyridine rings is 1. The van der Waals surface area contributed by atoms with Gasteiger partial charge in [0.25, 0.3) is 0 Å². The van der Waals surface area contributed by atoms with E-state index in [1.807, 2.05) is 46.7 Å². The van der Waals surface area contributed by atoms with Gasteiger partial charge in [-0.1, -0.05) is 24.3 Å². The van der Waals surface area contributed by atoms with Gasteiger partial charge in [0.15, 0.2) is 0 Å². The number of aromatic nitrogens is 5. The Morgan fingerprint density at radius 2 is 1.82 bits per heavy atom. The summed E-state index contributed by atoms with van der Waals surface area (Å²) in [5, 5.41) is 0.